The molecule has 1 saturated carbocycles. The van der Waals surface area contributed by atoms with Gasteiger partial charge in [0.1, 0.15) is 23.4 Å². The number of nitrogens with one attached hydrogen (secondary N) is 2. The van der Waals surface area contributed by atoms with E-state index >= 15 is 0 Å². The van der Waals surface area contributed by atoms with E-state index in [0.29, 0.717) is 12.1 Å². The molecular weight excluding hydrogens is 410 g/mol. The van der Waals surface area contributed by atoms with Crippen LogP contribution in [0.1, 0.15) is 72.4 Å². The van der Waals surface area contributed by atoms with Gasteiger partial charge in [0.05, 0.1) is 0 Å². The van der Waals surface area contributed by atoms with Gasteiger partial charge in [-0.15, -0.1) is 0 Å². The standard InChI is InChI=1S/C24H37N3O5/c1-7-8-13-25-21(29)20(17-9-11-18(28)12-10-17)27(19-14-15(19)2)22(30)16(3)26-23(31)32-24(4,5)6/h9-12,15-16,19-20,28H,7-8,13-14H2,1-6H3,(H,25,29)(H,26,31). The molecule has 3 N–H and O–H groups in total. The zero-order valence-electron chi connectivity index (χ0n) is 20.0. The Morgan fingerprint density at radius 1 is 1.22 bits per heavy atom. The Balaban J connectivity index is 2.31. The van der Waals surface area contributed by atoms with E-state index in [9.17, 15) is 19.5 Å². The molecule has 0 aliphatic heterocycles. The Kier molecular flexibility index (Phi) is 8.52. The summed E-state index contributed by atoms with van der Waals surface area (Å²) in [5.74, 6) is -0.303. The topological polar surface area (TPSA) is 108 Å². The van der Waals surface area contributed by atoms with Crippen molar-refractivity contribution in [1.29, 1.82) is 0 Å². The number of rotatable bonds is 9. The van der Waals surface area contributed by atoms with Crippen molar-refractivity contribution in [2.45, 2.75) is 84.5 Å². The van der Waals surface area contributed by atoms with Gasteiger partial charge >= 0.3 is 6.09 Å². The second-order valence-corrected chi connectivity index (χ2v) is 9.53. The van der Waals surface area contributed by atoms with Crippen LogP contribution < -0.4 is 10.6 Å². The molecule has 8 heteroatoms. The number of alkyl carbamates (subject to hydrolysis) is 1. The molecule has 0 radical (unpaired) electrons. The van der Waals surface area contributed by atoms with E-state index in [4.69, 9.17) is 4.74 Å². The van der Waals surface area contributed by atoms with E-state index in [-0.39, 0.29) is 29.5 Å². The third-order valence-corrected chi connectivity index (χ3v) is 5.35. The number of hydrogen-bond donors (Lipinski definition) is 3. The molecule has 1 aliphatic rings. The molecule has 0 saturated heterocycles. The van der Waals surface area contributed by atoms with Crippen molar-refractivity contribution in [3.8, 4) is 5.75 Å². The van der Waals surface area contributed by atoms with Crippen LogP contribution in [0.15, 0.2) is 24.3 Å². The largest absolute Gasteiger partial charge is 0.508 e. The fourth-order valence-electron chi connectivity index (χ4n) is 3.52. The summed E-state index contributed by atoms with van der Waals surface area (Å²) in [5, 5.41) is 15.2. The maximum absolute atomic E-state index is 13.5. The third kappa shape index (κ3) is 7.14. The SMILES string of the molecule is CCCCNC(=O)C(c1ccc(O)cc1)N(C(=O)C(C)NC(=O)OC(C)(C)C)C1CC1C. The summed E-state index contributed by atoms with van der Waals surface area (Å²) < 4.78 is 5.28. The van der Waals surface area contributed by atoms with E-state index in [1.807, 2.05) is 13.8 Å². The molecule has 0 bridgehead atoms. The van der Waals surface area contributed by atoms with Crippen LogP contribution in [0.25, 0.3) is 0 Å². The lowest BCUT2D eigenvalue weighted by Crippen LogP contribution is -2.53. The first-order valence-corrected chi connectivity index (χ1v) is 11.3. The number of unbranched alkanes of at least 4 members (excludes halogenated alkanes) is 1. The fraction of sp³-hybridized carbons (Fsp3) is 0.625. The highest BCUT2D eigenvalue weighted by molar-refractivity contribution is 5.92. The average molecular weight is 448 g/mol. The number of benzene rings is 1. The minimum atomic E-state index is -0.874. The lowest BCUT2D eigenvalue weighted by atomic mass is 10.0. The lowest BCUT2D eigenvalue weighted by molar-refractivity contribution is -0.143. The van der Waals surface area contributed by atoms with Crippen LogP contribution in [0.5, 0.6) is 5.75 Å². The highest BCUT2D eigenvalue weighted by atomic mass is 16.6. The number of amides is 3. The molecular formula is C24H37N3O5. The fourth-order valence-corrected chi connectivity index (χ4v) is 3.52. The van der Waals surface area contributed by atoms with E-state index in [1.54, 1.807) is 44.7 Å². The molecule has 8 nitrogen and oxygen atoms in total. The minimum absolute atomic E-state index is 0.0801. The zero-order chi connectivity index (χ0) is 24.1. The number of ether oxygens (including phenoxy) is 1. The summed E-state index contributed by atoms with van der Waals surface area (Å²) in [6.07, 6.45) is 1.86. The molecule has 0 spiro atoms. The molecule has 4 atom stereocenters. The summed E-state index contributed by atoms with van der Waals surface area (Å²) in [6.45, 7) is 11.4. The number of phenolic OH excluding ortho intramolecular Hbond substituents is 1. The lowest BCUT2D eigenvalue weighted by Gasteiger charge is -2.34. The molecule has 1 aromatic carbocycles. The van der Waals surface area contributed by atoms with Crippen LogP contribution in [-0.2, 0) is 14.3 Å². The summed E-state index contributed by atoms with van der Waals surface area (Å²) in [6, 6.07) is 4.46. The first-order valence-electron chi connectivity index (χ1n) is 11.3. The highest BCUT2D eigenvalue weighted by Gasteiger charge is 2.47. The summed E-state index contributed by atoms with van der Waals surface area (Å²) in [4.78, 5) is 40.6. The van der Waals surface area contributed by atoms with Gasteiger partial charge in [-0.2, -0.15) is 0 Å². The van der Waals surface area contributed by atoms with Gasteiger partial charge in [0.15, 0.2) is 0 Å². The van der Waals surface area contributed by atoms with Gasteiger partial charge in [-0.05, 0) is 64.2 Å². The first-order chi connectivity index (χ1) is 14.9. The van der Waals surface area contributed by atoms with Gasteiger partial charge in [-0.3, -0.25) is 9.59 Å². The Hall–Kier alpha value is -2.77. The van der Waals surface area contributed by atoms with E-state index < -0.39 is 23.8 Å². The minimum Gasteiger partial charge on any atom is -0.508 e. The smallest absolute Gasteiger partial charge is 0.408 e. The first kappa shape index (κ1) is 25.5. The van der Waals surface area contributed by atoms with Gasteiger partial charge in [-0.25, -0.2) is 4.79 Å². The molecule has 32 heavy (non-hydrogen) atoms. The zero-order valence-corrected chi connectivity index (χ0v) is 20.0. The van der Waals surface area contributed by atoms with Crippen molar-refractivity contribution < 1.29 is 24.2 Å². The summed E-state index contributed by atoms with van der Waals surface area (Å²) >= 11 is 0. The maximum Gasteiger partial charge on any atom is 0.408 e. The Morgan fingerprint density at radius 2 is 1.81 bits per heavy atom. The molecule has 1 fully saturated rings. The molecule has 0 aromatic heterocycles. The van der Waals surface area contributed by atoms with Crippen LogP contribution in [0.3, 0.4) is 0 Å². The molecule has 178 valence electrons. The second-order valence-electron chi connectivity index (χ2n) is 9.53. The van der Waals surface area contributed by atoms with Crippen molar-refractivity contribution in [2.75, 3.05) is 6.54 Å². The van der Waals surface area contributed by atoms with Gasteiger partial charge in [-0.1, -0.05) is 32.4 Å². The number of hydrogen-bond acceptors (Lipinski definition) is 5. The van der Waals surface area contributed by atoms with E-state index in [0.717, 1.165) is 19.3 Å². The van der Waals surface area contributed by atoms with E-state index in [2.05, 4.69) is 10.6 Å². The highest BCUT2D eigenvalue weighted by Crippen LogP contribution is 2.40. The van der Waals surface area contributed by atoms with Crippen molar-refractivity contribution >= 4 is 17.9 Å². The van der Waals surface area contributed by atoms with Crippen molar-refractivity contribution in [1.82, 2.24) is 15.5 Å². The molecule has 4 unspecified atom stereocenters. The summed E-state index contributed by atoms with van der Waals surface area (Å²) in [7, 11) is 0. The quantitative estimate of drug-likeness (QED) is 0.502. The van der Waals surface area contributed by atoms with E-state index in [1.165, 1.54) is 12.1 Å². The van der Waals surface area contributed by atoms with Gasteiger partial charge < -0.3 is 25.4 Å². The third-order valence-electron chi connectivity index (χ3n) is 5.35. The van der Waals surface area contributed by atoms with Gasteiger partial charge in [0.25, 0.3) is 0 Å². The van der Waals surface area contributed by atoms with Crippen LogP contribution in [0.4, 0.5) is 4.79 Å². The van der Waals surface area contributed by atoms with Crippen LogP contribution >= 0.6 is 0 Å². The number of carbonyl (C=O) groups excluding carboxylic acids is 3. The Labute approximate surface area is 190 Å². The second kappa shape index (κ2) is 10.7. The number of aromatic hydroxyl groups is 1. The van der Waals surface area contributed by atoms with Gasteiger partial charge in [0, 0.05) is 12.6 Å². The van der Waals surface area contributed by atoms with Crippen molar-refractivity contribution in [2.24, 2.45) is 5.92 Å². The Morgan fingerprint density at radius 3 is 2.31 bits per heavy atom. The average Bonchev–Trinajstić information content (AvgIpc) is 3.40. The summed E-state index contributed by atoms with van der Waals surface area (Å²) in [5.41, 5.74) is -0.0839. The monoisotopic (exact) mass is 447 g/mol. The molecule has 3 amide bonds. The Bertz CT molecular complexity index is 803. The number of nitrogens with zero attached hydrogens (tertiary/aromatic N) is 1. The predicted octanol–water partition coefficient (Wildman–Crippen LogP) is 3.50. The molecule has 1 aromatic rings. The number of carbonyl (C=O) groups is 3. The van der Waals surface area contributed by atoms with Crippen LogP contribution in [-0.4, -0.2) is 52.1 Å². The normalized spacial score (nSPS) is 19.4. The molecule has 1 aliphatic carbocycles. The van der Waals surface area contributed by atoms with Crippen LogP contribution in [0, 0.1) is 5.92 Å². The predicted molar refractivity (Wildman–Crippen MR) is 122 cm³/mol. The van der Waals surface area contributed by atoms with Crippen molar-refractivity contribution in [3.63, 3.8) is 0 Å². The van der Waals surface area contributed by atoms with Crippen molar-refractivity contribution in [3.05, 3.63) is 29.8 Å². The molecule has 0 heterocycles. The van der Waals surface area contributed by atoms with Gasteiger partial charge in [0.2, 0.25) is 11.8 Å². The van der Waals surface area contributed by atoms with Crippen LogP contribution in [0.2, 0.25) is 0 Å². The molecule has 2 rings (SSSR count). The number of phenols is 1. The maximum atomic E-state index is 13.5.